The number of fused-ring (bicyclic) bond motifs is 1. The van der Waals surface area contributed by atoms with Gasteiger partial charge in [-0.15, -0.1) is 0 Å². The number of para-hydroxylation sites is 1. The van der Waals surface area contributed by atoms with E-state index in [0.29, 0.717) is 0 Å². The summed E-state index contributed by atoms with van der Waals surface area (Å²) in [5.41, 5.74) is 1.15. The third kappa shape index (κ3) is 1.02. The molecule has 0 radical (unpaired) electrons. The standard InChI is InChI=1S/C9H9NOS/c1-10-6-9(12-11)7-4-2-3-5-8(7)10/h2-6,11H,1H3. The summed E-state index contributed by atoms with van der Waals surface area (Å²) in [5.74, 6) is 0. The van der Waals surface area contributed by atoms with Gasteiger partial charge in [0, 0.05) is 36.2 Å². The zero-order valence-corrected chi connectivity index (χ0v) is 7.51. The van der Waals surface area contributed by atoms with Gasteiger partial charge in [0.1, 0.15) is 0 Å². The monoisotopic (exact) mass is 179 g/mol. The molecule has 1 aromatic carbocycles. The van der Waals surface area contributed by atoms with Crippen molar-refractivity contribution >= 4 is 22.9 Å². The molecule has 0 atom stereocenters. The molecule has 12 heavy (non-hydrogen) atoms. The van der Waals surface area contributed by atoms with Gasteiger partial charge in [-0.25, -0.2) is 0 Å². The van der Waals surface area contributed by atoms with Gasteiger partial charge < -0.3 is 9.12 Å². The first-order chi connectivity index (χ1) is 5.83. The Balaban J connectivity index is 2.82. The third-order valence-electron chi connectivity index (χ3n) is 1.96. The fraction of sp³-hybridized carbons (Fsp3) is 0.111. The van der Waals surface area contributed by atoms with Gasteiger partial charge in [-0.3, -0.25) is 0 Å². The zero-order valence-electron chi connectivity index (χ0n) is 6.69. The Hall–Kier alpha value is -0.930. The lowest BCUT2D eigenvalue weighted by molar-refractivity contribution is 0.664. The van der Waals surface area contributed by atoms with Crippen molar-refractivity contribution in [2.24, 2.45) is 7.05 Å². The fourth-order valence-corrected chi connectivity index (χ4v) is 1.85. The highest BCUT2D eigenvalue weighted by atomic mass is 32.2. The van der Waals surface area contributed by atoms with Gasteiger partial charge in [0.15, 0.2) is 0 Å². The SMILES string of the molecule is Cn1cc(SO)c2ccccc21. The summed E-state index contributed by atoms with van der Waals surface area (Å²) in [6, 6.07) is 8.01. The number of aryl methyl sites for hydroxylation is 1. The second kappa shape index (κ2) is 2.84. The molecular weight excluding hydrogens is 170 g/mol. The average molecular weight is 179 g/mol. The van der Waals surface area contributed by atoms with E-state index in [2.05, 4.69) is 0 Å². The first-order valence-electron chi connectivity index (χ1n) is 3.68. The first kappa shape index (κ1) is 7.71. The van der Waals surface area contributed by atoms with Crippen LogP contribution in [0, 0.1) is 0 Å². The van der Waals surface area contributed by atoms with Crippen molar-refractivity contribution in [2.45, 2.75) is 4.90 Å². The van der Waals surface area contributed by atoms with Crippen LogP contribution in [0.15, 0.2) is 35.4 Å². The van der Waals surface area contributed by atoms with Gasteiger partial charge in [0.05, 0.1) is 4.90 Å². The zero-order chi connectivity index (χ0) is 8.55. The molecule has 62 valence electrons. The molecule has 2 aromatic rings. The maximum absolute atomic E-state index is 8.95. The van der Waals surface area contributed by atoms with Gasteiger partial charge in [-0.2, -0.15) is 0 Å². The molecule has 2 rings (SSSR count). The summed E-state index contributed by atoms with van der Waals surface area (Å²) >= 11 is 0.798. The van der Waals surface area contributed by atoms with Crippen molar-refractivity contribution < 1.29 is 4.55 Å². The number of benzene rings is 1. The maximum Gasteiger partial charge on any atom is 0.0606 e. The quantitative estimate of drug-likeness (QED) is 0.681. The van der Waals surface area contributed by atoms with Crippen LogP contribution in [0.5, 0.6) is 0 Å². The number of aromatic nitrogens is 1. The molecule has 3 heteroatoms. The Morgan fingerprint density at radius 3 is 2.83 bits per heavy atom. The molecule has 0 amide bonds. The highest BCUT2D eigenvalue weighted by molar-refractivity contribution is 7.94. The molecule has 1 heterocycles. The average Bonchev–Trinajstić information content (AvgIpc) is 2.44. The van der Waals surface area contributed by atoms with E-state index in [1.165, 1.54) is 0 Å². The van der Waals surface area contributed by atoms with Gasteiger partial charge in [-0.1, -0.05) is 18.2 Å². The second-order valence-corrected chi connectivity index (χ2v) is 3.34. The minimum absolute atomic E-state index is 0.798. The van der Waals surface area contributed by atoms with Crippen LogP contribution in [-0.2, 0) is 7.05 Å². The molecule has 0 aliphatic carbocycles. The summed E-state index contributed by atoms with van der Waals surface area (Å²) < 4.78 is 11.0. The van der Waals surface area contributed by atoms with Crippen molar-refractivity contribution in [1.82, 2.24) is 4.57 Å². The van der Waals surface area contributed by atoms with Gasteiger partial charge >= 0.3 is 0 Å². The number of hydrogen-bond acceptors (Lipinski definition) is 2. The molecule has 0 bridgehead atoms. The molecule has 0 saturated heterocycles. The molecule has 0 aliphatic heterocycles. The Morgan fingerprint density at radius 1 is 1.33 bits per heavy atom. The fourth-order valence-electron chi connectivity index (χ4n) is 1.38. The molecule has 0 unspecified atom stereocenters. The van der Waals surface area contributed by atoms with Crippen molar-refractivity contribution in [3.8, 4) is 0 Å². The first-order valence-corrected chi connectivity index (χ1v) is 4.46. The Morgan fingerprint density at radius 2 is 2.08 bits per heavy atom. The molecule has 0 aliphatic rings. The highest BCUT2D eigenvalue weighted by Gasteiger charge is 2.04. The van der Waals surface area contributed by atoms with E-state index in [1.807, 2.05) is 42.1 Å². The van der Waals surface area contributed by atoms with E-state index in [4.69, 9.17) is 4.55 Å². The largest absolute Gasteiger partial charge is 0.349 e. The summed E-state index contributed by atoms with van der Waals surface area (Å²) in [6.45, 7) is 0. The van der Waals surface area contributed by atoms with E-state index in [9.17, 15) is 0 Å². The van der Waals surface area contributed by atoms with Crippen LogP contribution >= 0.6 is 12.0 Å². The number of hydrogen-bond donors (Lipinski definition) is 1. The third-order valence-corrected chi connectivity index (χ3v) is 2.48. The van der Waals surface area contributed by atoms with Gasteiger partial charge in [0.25, 0.3) is 0 Å². The molecule has 0 fully saturated rings. The van der Waals surface area contributed by atoms with Crippen LogP contribution in [0.25, 0.3) is 10.9 Å². The predicted molar refractivity (Wildman–Crippen MR) is 51.4 cm³/mol. The molecule has 1 N–H and O–H groups in total. The predicted octanol–water partition coefficient (Wildman–Crippen LogP) is 2.74. The molecule has 2 nitrogen and oxygen atoms in total. The van der Waals surface area contributed by atoms with Crippen molar-refractivity contribution in [3.63, 3.8) is 0 Å². The highest BCUT2D eigenvalue weighted by Crippen LogP contribution is 2.26. The van der Waals surface area contributed by atoms with Crippen molar-refractivity contribution in [2.75, 3.05) is 0 Å². The molecule has 0 spiro atoms. The van der Waals surface area contributed by atoms with Crippen molar-refractivity contribution in [1.29, 1.82) is 0 Å². The van der Waals surface area contributed by atoms with Crippen molar-refractivity contribution in [3.05, 3.63) is 30.5 Å². The summed E-state index contributed by atoms with van der Waals surface area (Å²) in [5, 5.41) is 1.10. The minimum atomic E-state index is 0.798. The van der Waals surface area contributed by atoms with Gasteiger partial charge in [-0.05, 0) is 6.07 Å². The van der Waals surface area contributed by atoms with Crippen LogP contribution in [0.1, 0.15) is 0 Å². The van der Waals surface area contributed by atoms with Crippen LogP contribution in [0.4, 0.5) is 0 Å². The lowest BCUT2D eigenvalue weighted by Gasteiger charge is -1.92. The molecule has 0 saturated carbocycles. The Bertz CT molecular complexity index is 408. The smallest absolute Gasteiger partial charge is 0.0606 e. The number of nitrogens with zero attached hydrogens (tertiary/aromatic N) is 1. The summed E-state index contributed by atoms with van der Waals surface area (Å²) in [7, 11) is 1.97. The van der Waals surface area contributed by atoms with E-state index in [0.717, 1.165) is 27.8 Å². The normalized spacial score (nSPS) is 10.8. The van der Waals surface area contributed by atoms with Crippen LogP contribution in [-0.4, -0.2) is 9.12 Å². The summed E-state index contributed by atoms with van der Waals surface area (Å²) in [4.78, 5) is 0.910. The minimum Gasteiger partial charge on any atom is -0.349 e. The Kier molecular flexibility index (Phi) is 1.83. The maximum atomic E-state index is 8.95. The molecular formula is C9H9NOS. The van der Waals surface area contributed by atoms with E-state index in [-0.39, 0.29) is 0 Å². The van der Waals surface area contributed by atoms with E-state index < -0.39 is 0 Å². The van der Waals surface area contributed by atoms with Gasteiger partial charge in [0.2, 0.25) is 0 Å². The lowest BCUT2D eigenvalue weighted by atomic mass is 10.2. The van der Waals surface area contributed by atoms with E-state index in [1.54, 1.807) is 0 Å². The molecule has 1 aromatic heterocycles. The van der Waals surface area contributed by atoms with Crippen LogP contribution in [0.2, 0.25) is 0 Å². The number of rotatable bonds is 1. The van der Waals surface area contributed by atoms with E-state index >= 15 is 0 Å². The lowest BCUT2D eigenvalue weighted by Crippen LogP contribution is -1.81. The van der Waals surface area contributed by atoms with Crippen LogP contribution in [0.3, 0.4) is 0 Å². The summed E-state index contributed by atoms with van der Waals surface area (Å²) in [6.07, 6.45) is 1.93. The second-order valence-electron chi connectivity index (χ2n) is 2.71. The Labute approximate surface area is 75.0 Å². The van der Waals surface area contributed by atoms with Crippen LogP contribution < -0.4 is 0 Å². The topological polar surface area (TPSA) is 25.2 Å².